The van der Waals surface area contributed by atoms with Gasteiger partial charge in [0.25, 0.3) is 0 Å². The second-order valence-electron chi connectivity index (χ2n) is 3.11. The molecule has 0 fully saturated rings. The van der Waals surface area contributed by atoms with Crippen LogP contribution < -0.4 is 5.19 Å². The van der Waals surface area contributed by atoms with Crippen LogP contribution in [0, 0.1) is 0 Å². The Morgan fingerprint density at radius 1 is 1.13 bits per heavy atom. The van der Waals surface area contributed by atoms with Gasteiger partial charge in [-0.15, -0.1) is 0 Å². The Balaban J connectivity index is 2.76. The molecule has 3 heteroatoms. The molecular formula is C12H18O2Si. The molecule has 0 spiro atoms. The highest BCUT2D eigenvalue weighted by atomic mass is 28.3. The standard InChI is InChI=1S/C12H18O2Si/c1-4-11-7-9-12(10-8-11)15(13-5-2)14-6-3/h4,7-10,15H,1,5-6H2,2-3H3. The minimum Gasteiger partial charge on any atom is -0.394 e. The first-order valence-corrected chi connectivity index (χ1v) is 6.79. The van der Waals surface area contributed by atoms with Crippen LogP contribution in [-0.4, -0.2) is 22.5 Å². The normalized spacial score (nSPS) is 10.6. The average molecular weight is 222 g/mol. The molecule has 2 nitrogen and oxygen atoms in total. The molecule has 0 N–H and O–H groups in total. The van der Waals surface area contributed by atoms with Gasteiger partial charge in [-0.05, 0) is 24.6 Å². The topological polar surface area (TPSA) is 18.5 Å². The van der Waals surface area contributed by atoms with Crippen LogP contribution in [0.5, 0.6) is 0 Å². The largest absolute Gasteiger partial charge is 0.394 e. The van der Waals surface area contributed by atoms with Crippen molar-refractivity contribution in [1.82, 2.24) is 0 Å². The second kappa shape index (κ2) is 6.56. The molecule has 0 radical (unpaired) electrons. The van der Waals surface area contributed by atoms with Gasteiger partial charge in [0.15, 0.2) is 0 Å². The van der Waals surface area contributed by atoms with Crippen LogP contribution in [0.4, 0.5) is 0 Å². The minimum absolute atomic E-state index is 0.708. The van der Waals surface area contributed by atoms with E-state index in [2.05, 4.69) is 18.7 Å². The molecule has 0 aliphatic rings. The third-order valence-electron chi connectivity index (χ3n) is 2.08. The Kier molecular flexibility index (Phi) is 5.32. The van der Waals surface area contributed by atoms with Crippen molar-refractivity contribution < 1.29 is 8.85 Å². The van der Waals surface area contributed by atoms with Crippen molar-refractivity contribution in [2.75, 3.05) is 13.2 Å². The highest BCUT2D eigenvalue weighted by Gasteiger charge is 2.14. The van der Waals surface area contributed by atoms with Crippen LogP contribution in [0.1, 0.15) is 19.4 Å². The number of hydrogen-bond donors (Lipinski definition) is 0. The fourth-order valence-corrected chi connectivity index (χ4v) is 2.93. The van der Waals surface area contributed by atoms with Gasteiger partial charge in [-0.3, -0.25) is 0 Å². The molecule has 1 aromatic rings. The third kappa shape index (κ3) is 3.62. The first kappa shape index (κ1) is 12.2. The van der Waals surface area contributed by atoms with Gasteiger partial charge < -0.3 is 8.85 Å². The lowest BCUT2D eigenvalue weighted by Crippen LogP contribution is -2.36. The van der Waals surface area contributed by atoms with Crippen molar-refractivity contribution in [3.63, 3.8) is 0 Å². The van der Waals surface area contributed by atoms with Gasteiger partial charge in [0, 0.05) is 13.2 Å². The Hall–Kier alpha value is -0.903. The van der Waals surface area contributed by atoms with Crippen LogP contribution in [0.25, 0.3) is 6.08 Å². The van der Waals surface area contributed by atoms with Gasteiger partial charge in [0.1, 0.15) is 0 Å². The molecule has 0 saturated heterocycles. The molecule has 1 rings (SSSR count). The molecular weight excluding hydrogens is 204 g/mol. The van der Waals surface area contributed by atoms with E-state index in [1.54, 1.807) is 0 Å². The summed E-state index contributed by atoms with van der Waals surface area (Å²) in [4.78, 5) is 0. The molecule has 0 bridgehead atoms. The van der Waals surface area contributed by atoms with E-state index in [1.807, 2.05) is 32.1 Å². The molecule has 0 aliphatic heterocycles. The van der Waals surface area contributed by atoms with E-state index < -0.39 is 9.28 Å². The predicted molar refractivity (Wildman–Crippen MR) is 66.6 cm³/mol. The van der Waals surface area contributed by atoms with Gasteiger partial charge in [0.05, 0.1) is 0 Å². The van der Waals surface area contributed by atoms with E-state index in [9.17, 15) is 0 Å². The van der Waals surface area contributed by atoms with Crippen molar-refractivity contribution >= 4 is 20.5 Å². The van der Waals surface area contributed by atoms with E-state index in [4.69, 9.17) is 8.85 Å². The molecule has 0 amide bonds. The van der Waals surface area contributed by atoms with Crippen molar-refractivity contribution in [3.8, 4) is 0 Å². The summed E-state index contributed by atoms with van der Waals surface area (Å²) in [5, 5.41) is 1.18. The van der Waals surface area contributed by atoms with E-state index in [1.165, 1.54) is 5.19 Å². The lowest BCUT2D eigenvalue weighted by Gasteiger charge is -2.14. The van der Waals surface area contributed by atoms with Gasteiger partial charge >= 0.3 is 9.28 Å². The Labute approximate surface area is 93.4 Å². The summed E-state index contributed by atoms with van der Waals surface area (Å²) >= 11 is 0. The monoisotopic (exact) mass is 222 g/mol. The van der Waals surface area contributed by atoms with E-state index in [-0.39, 0.29) is 0 Å². The summed E-state index contributed by atoms with van der Waals surface area (Å²) in [6, 6.07) is 8.22. The summed E-state index contributed by atoms with van der Waals surface area (Å²) in [6.45, 7) is 9.14. The Bertz CT molecular complexity index is 289. The maximum Gasteiger partial charge on any atom is 0.355 e. The molecule has 0 aromatic heterocycles. The van der Waals surface area contributed by atoms with Crippen LogP contribution in [0.3, 0.4) is 0 Å². The molecule has 0 saturated carbocycles. The minimum atomic E-state index is -1.66. The molecule has 0 atom stereocenters. The first-order chi connectivity index (χ1) is 7.31. The summed E-state index contributed by atoms with van der Waals surface area (Å²) in [5.74, 6) is 0. The fraction of sp³-hybridized carbons (Fsp3) is 0.333. The van der Waals surface area contributed by atoms with E-state index in [0.29, 0.717) is 13.2 Å². The Morgan fingerprint density at radius 2 is 1.67 bits per heavy atom. The molecule has 1 aromatic carbocycles. The average Bonchev–Trinajstić information content (AvgIpc) is 2.29. The zero-order valence-corrected chi connectivity index (χ0v) is 10.6. The lowest BCUT2D eigenvalue weighted by molar-refractivity contribution is 0.225. The summed E-state index contributed by atoms with van der Waals surface area (Å²) in [7, 11) is -1.66. The quantitative estimate of drug-likeness (QED) is 0.684. The van der Waals surface area contributed by atoms with Crippen molar-refractivity contribution in [2.24, 2.45) is 0 Å². The lowest BCUT2D eigenvalue weighted by atomic mass is 10.2. The molecule has 15 heavy (non-hydrogen) atoms. The zero-order chi connectivity index (χ0) is 11.1. The maximum absolute atomic E-state index is 5.63. The summed E-state index contributed by atoms with van der Waals surface area (Å²) < 4.78 is 11.3. The van der Waals surface area contributed by atoms with Crippen molar-refractivity contribution in [2.45, 2.75) is 13.8 Å². The van der Waals surface area contributed by atoms with Gasteiger partial charge in [-0.1, -0.05) is 36.9 Å². The summed E-state index contributed by atoms with van der Waals surface area (Å²) in [6.07, 6.45) is 1.84. The Morgan fingerprint density at radius 3 is 2.07 bits per heavy atom. The fourth-order valence-electron chi connectivity index (χ4n) is 1.33. The third-order valence-corrected chi connectivity index (χ3v) is 4.28. The van der Waals surface area contributed by atoms with Crippen LogP contribution in [-0.2, 0) is 8.85 Å². The number of benzene rings is 1. The predicted octanol–water partition coefficient (Wildman–Crippen LogP) is 1.83. The molecule has 0 unspecified atom stereocenters. The van der Waals surface area contributed by atoms with Crippen molar-refractivity contribution in [3.05, 3.63) is 36.4 Å². The second-order valence-corrected chi connectivity index (χ2v) is 5.11. The maximum atomic E-state index is 5.63. The molecule has 0 aliphatic carbocycles. The summed E-state index contributed by atoms with van der Waals surface area (Å²) in [5.41, 5.74) is 1.12. The van der Waals surface area contributed by atoms with Gasteiger partial charge in [-0.2, -0.15) is 0 Å². The number of hydrogen-bond acceptors (Lipinski definition) is 2. The van der Waals surface area contributed by atoms with Crippen LogP contribution in [0.2, 0.25) is 0 Å². The van der Waals surface area contributed by atoms with E-state index in [0.717, 1.165) is 5.56 Å². The van der Waals surface area contributed by atoms with Gasteiger partial charge in [-0.25, -0.2) is 0 Å². The molecule has 0 heterocycles. The molecule has 82 valence electrons. The van der Waals surface area contributed by atoms with Crippen molar-refractivity contribution in [1.29, 1.82) is 0 Å². The number of rotatable bonds is 6. The van der Waals surface area contributed by atoms with E-state index >= 15 is 0 Å². The highest BCUT2D eigenvalue weighted by molar-refractivity contribution is 6.61. The van der Waals surface area contributed by atoms with Crippen LogP contribution in [0.15, 0.2) is 30.8 Å². The zero-order valence-electron chi connectivity index (χ0n) is 9.40. The first-order valence-electron chi connectivity index (χ1n) is 5.27. The highest BCUT2D eigenvalue weighted by Crippen LogP contribution is 2.00. The smallest absolute Gasteiger partial charge is 0.355 e. The van der Waals surface area contributed by atoms with Crippen LogP contribution >= 0.6 is 0 Å². The SMILES string of the molecule is C=Cc1ccc([SiH](OCC)OCC)cc1. The van der Waals surface area contributed by atoms with Gasteiger partial charge in [0.2, 0.25) is 0 Å².